The molecule has 45 heavy (non-hydrogen) atoms. The topological polar surface area (TPSA) is 106 Å². The van der Waals surface area contributed by atoms with Crippen LogP contribution in [0.1, 0.15) is 49.8 Å². The minimum absolute atomic E-state index is 0. The summed E-state index contributed by atoms with van der Waals surface area (Å²) in [6.45, 7) is 0.801. The van der Waals surface area contributed by atoms with Gasteiger partial charge in [0, 0.05) is 48.9 Å². The molecule has 0 aliphatic carbocycles. The average Bonchev–Trinajstić information content (AvgIpc) is 3.67. The monoisotopic (exact) mass is 683 g/mol. The van der Waals surface area contributed by atoms with E-state index in [1.54, 1.807) is 0 Å². The second-order valence-corrected chi connectivity index (χ2v) is 11.0. The number of aromatic nitrogens is 4. The van der Waals surface area contributed by atoms with Crippen molar-refractivity contribution in [3.05, 3.63) is 96.4 Å². The first-order chi connectivity index (χ1) is 21.6. The van der Waals surface area contributed by atoms with Crippen molar-refractivity contribution >= 4 is 52.7 Å². The zero-order valence-corrected chi connectivity index (χ0v) is 26.7. The Balaban J connectivity index is 0.00000400. The lowest BCUT2D eigenvalue weighted by Gasteiger charge is -2.12. The number of nitrogens with zero attached hydrogens (tertiary/aromatic N) is 5. The molecule has 11 heteroatoms. The highest BCUT2D eigenvalue weighted by Crippen LogP contribution is 2.36. The SMILES string of the molecule is O=C(CCCCC[n+]1ccc(/C=C/c2nc(-c3ccccc3)c3nsnc3c2-c2ccccc2)cc1)ON1C(=O)CCC1=O.[Br-]. The third kappa shape index (κ3) is 7.55. The Morgan fingerprint density at radius 2 is 1.47 bits per heavy atom. The van der Waals surface area contributed by atoms with Gasteiger partial charge < -0.3 is 21.8 Å². The summed E-state index contributed by atoms with van der Waals surface area (Å²) < 4.78 is 11.4. The van der Waals surface area contributed by atoms with E-state index in [1.165, 1.54) is 11.7 Å². The molecular weight excluding hydrogens is 654 g/mol. The predicted molar refractivity (Wildman–Crippen MR) is 167 cm³/mol. The van der Waals surface area contributed by atoms with Crippen LogP contribution in [-0.2, 0) is 25.8 Å². The van der Waals surface area contributed by atoms with Crippen LogP contribution in [0, 0.1) is 0 Å². The number of hydroxylamine groups is 2. The lowest BCUT2D eigenvalue weighted by molar-refractivity contribution is -0.697. The standard InChI is InChI=1S/C34H30N5O4S.BrH/c40-28-17-18-29(41)39(28)43-30(42)14-8-3-9-21-38-22-19-24(20-23-38)15-16-27-31(25-10-4-1-5-11-25)33-34(37-44-36-33)32(35-27)26-12-6-2-7-13-26;/h1-2,4-7,10-13,15-16,19-20,22-23H,3,8-9,14,17-18,21H2;1H/q+1;/p-1/b16-15+;. The van der Waals surface area contributed by atoms with Crippen molar-refractivity contribution in [1.82, 2.24) is 18.8 Å². The molecule has 4 heterocycles. The van der Waals surface area contributed by atoms with Crippen molar-refractivity contribution in [1.29, 1.82) is 0 Å². The Kier molecular flexibility index (Phi) is 10.5. The van der Waals surface area contributed by atoms with Gasteiger partial charge in [-0.25, -0.2) is 14.3 Å². The van der Waals surface area contributed by atoms with E-state index in [4.69, 9.17) is 9.82 Å². The largest absolute Gasteiger partial charge is 1.00 e. The summed E-state index contributed by atoms with van der Waals surface area (Å²) in [4.78, 5) is 45.2. The number of pyridine rings is 2. The number of amides is 2. The van der Waals surface area contributed by atoms with E-state index in [0.717, 1.165) is 64.1 Å². The molecule has 0 radical (unpaired) electrons. The molecule has 1 fully saturated rings. The number of aryl methyl sites for hydroxylation is 1. The summed E-state index contributed by atoms with van der Waals surface area (Å²) in [5, 5.41) is 0.601. The van der Waals surface area contributed by atoms with Gasteiger partial charge in [-0.2, -0.15) is 8.75 Å². The number of hydrogen-bond acceptors (Lipinski definition) is 8. The molecule has 0 unspecified atom stereocenters. The molecule has 6 rings (SSSR count). The molecule has 228 valence electrons. The molecule has 9 nitrogen and oxygen atoms in total. The van der Waals surface area contributed by atoms with Crippen molar-refractivity contribution in [2.75, 3.05) is 0 Å². The van der Waals surface area contributed by atoms with E-state index < -0.39 is 17.8 Å². The molecule has 2 aromatic carbocycles. The summed E-state index contributed by atoms with van der Waals surface area (Å²) >= 11 is 1.20. The maximum atomic E-state index is 12.0. The van der Waals surface area contributed by atoms with Gasteiger partial charge in [0.25, 0.3) is 11.8 Å². The fraction of sp³-hybridized carbons (Fsp3) is 0.206. The van der Waals surface area contributed by atoms with Crippen molar-refractivity contribution in [2.24, 2.45) is 0 Å². The fourth-order valence-electron chi connectivity index (χ4n) is 5.12. The number of hydrogen-bond donors (Lipinski definition) is 0. The second-order valence-electron chi connectivity index (χ2n) is 10.5. The van der Waals surface area contributed by atoms with Gasteiger partial charge in [0.1, 0.15) is 17.6 Å². The Morgan fingerprint density at radius 1 is 0.822 bits per heavy atom. The summed E-state index contributed by atoms with van der Waals surface area (Å²) in [6.07, 6.45) is 10.8. The van der Waals surface area contributed by atoms with Gasteiger partial charge in [-0.05, 0) is 30.0 Å². The van der Waals surface area contributed by atoms with Crippen LogP contribution in [0.15, 0.2) is 85.2 Å². The molecule has 1 aliphatic rings. The van der Waals surface area contributed by atoms with Gasteiger partial charge in [-0.15, -0.1) is 5.06 Å². The summed E-state index contributed by atoms with van der Waals surface area (Å²) in [6, 6.07) is 24.3. The number of carbonyl (C=O) groups excluding carboxylic acids is 3. The molecule has 0 atom stereocenters. The van der Waals surface area contributed by atoms with Crippen LogP contribution in [0.2, 0.25) is 0 Å². The van der Waals surface area contributed by atoms with Crippen LogP contribution in [0.5, 0.6) is 0 Å². The third-order valence-corrected chi connectivity index (χ3v) is 7.92. The average molecular weight is 685 g/mol. The van der Waals surface area contributed by atoms with Crippen LogP contribution < -0.4 is 21.5 Å². The molecule has 0 spiro atoms. The minimum Gasteiger partial charge on any atom is -1.00 e. The Morgan fingerprint density at radius 3 is 2.16 bits per heavy atom. The lowest BCUT2D eigenvalue weighted by atomic mass is 9.99. The Labute approximate surface area is 275 Å². The number of benzene rings is 2. The van der Waals surface area contributed by atoms with E-state index in [0.29, 0.717) is 11.5 Å². The highest BCUT2D eigenvalue weighted by atomic mass is 79.9. The first-order valence-electron chi connectivity index (χ1n) is 14.6. The molecular formula is C34H30BrN5O4S. The smallest absolute Gasteiger partial charge is 0.333 e. The molecule has 5 aromatic rings. The van der Waals surface area contributed by atoms with E-state index >= 15 is 0 Å². The van der Waals surface area contributed by atoms with E-state index in [-0.39, 0.29) is 36.2 Å². The zero-order valence-electron chi connectivity index (χ0n) is 24.3. The van der Waals surface area contributed by atoms with Gasteiger partial charge in [0.05, 0.1) is 23.1 Å². The second kappa shape index (κ2) is 14.9. The van der Waals surface area contributed by atoms with Gasteiger partial charge >= 0.3 is 5.97 Å². The third-order valence-electron chi connectivity index (χ3n) is 7.39. The van der Waals surface area contributed by atoms with Crippen LogP contribution in [0.4, 0.5) is 0 Å². The number of unbranched alkanes of at least 4 members (excludes halogenated alkanes) is 2. The van der Waals surface area contributed by atoms with Crippen molar-refractivity contribution < 1.29 is 40.8 Å². The molecule has 1 aliphatic heterocycles. The number of halogens is 1. The van der Waals surface area contributed by atoms with Crippen LogP contribution >= 0.6 is 11.7 Å². The van der Waals surface area contributed by atoms with Crippen molar-refractivity contribution in [3.63, 3.8) is 0 Å². The van der Waals surface area contributed by atoms with Gasteiger partial charge in [-0.3, -0.25) is 9.59 Å². The van der Waals surface area contributed by atoms with Gasteiger partial charge in [0.15, 0.2) is 12.4 Å². The number of carbonyl (C=O) groups is 3. The number of fused-ring (bicyclic) bond motifs is 1. The van der Waals surface area contributed by atoms with Gasteiger partial charge in [0.2, 0.25) is 0 Å². The predicted octanol–water partition coefficient (Wildman–Crippen LogP) is 3.05. The van der Waals surface area contributed by atoms with Crippen molar-refractivity contribution in [2.45, 2.75) is 45.1 Å². The molecule has 1 saturated heterocycles. The van der Waals surface area contributed by atoms with E-state index in [1.807, 2.05) is 67.0 Å². The quantitative estimate of drug-likeness (QED) is 0.120. The molecule has 0 bridgehead atoms. The van der Waals surface area contributed by atoms with Gasteiger partial charge in [-0.1, -0.05) is 66.7 Å². The van der Waals surface area contributed by atoms with E-state index in [2.05, 4.69) is 43.7 Å². The van der Waals surface area contributed by atoms with E-state index in [9.17, 15) is 14.4 Å². The highest BCUT2D eigenvalue weighted by Gasteiger charge is 2.32. The normalized spacial score (nSPS) is 13.0. The highest BCUT2D eigenvalue weighted by molar-refractivity contribution is 7.00. The summed E-state index contributed by atoms with van der Waals surface area (Å²) in [5.41, 5.74) is 7.30. The maximum absolute atomic E-state index is 12.0. The van der Waals surface area contributed by atoms with Crippen molar-refractivity contribution in [3.8, 4) is 22.4 Å². The summed E-state index contributed by atoms with van der Waals surface area (Å²) in [5.74, 6) is -1.47. The fourth-order valence-corrected chi connectivity index (χ4v) is 5.67. The first-order valence-corrected chi connectivity index (χ1v) is 15.3. The zero-order chi connectivity index (χ0) is 30.3. The maximum Gasteiger partial charge on any atom is 0.333 e. The lowest BCUT2D eigenvalue weighted by Crippen LogP contribution is -3.00. The van der Waals surface area contributed by atoms with Crippen LogP contribution in [-0.4, -0.2) is 36.6 Å². The first kappa shape index (κ1) is 31.8. The Hall–Kier alpha value is -4.61. The molecule has 3 aromatic heterocycles. The molecule has 2 amide bonds. The number of rotatable bonds is 11. The summed E-state index contributed by atoms with van der Waals surface area (Å²) in [7, 11) is 0. The Bertz CT molecular complexity index is 1810. The molecule has 0 N–H and O–H groups in total. The minimum atomic E-state index is -0.552. The van der Waals surface area contributed by atoms with Crippen LogP contribution in [0.25, 0.3) is 45.6 Å². The number of imide groups is 1. The van der Waals surface area contributed by atoms with Crippen LogP contribution in [0.3, 0.4) is 0 Å². The molecule has 0 saturated carbocycles.